The number of hydrogen-bond acceptors (Lipinski definition) is 3. The van der Waals surface area contributed by atoms with Crippen LogP contribution in [0.15, 0.2) is 24.3 Å². The minimum absolute atomic E-state index is 0.199. The highest BCUT2D eigenvalue weighted by Crippen LogP contribution is 2.25. The molecule has 0 saturated carbocycles. The zero-order chi connectivity index (χ0) is 14.7. The lowest BCUT2D eigenvalue weighted by Gasteiger charge is -2.36. The number of ether oxygens (including phenoxy) is 1. The van der Waals surface area contributed by atoms with Gasteiger partial charge in [0.15, 0.2) is 0 Å². The van der Waals surface area contributed by atoms with Crippen LogP contribution in [-0.4, -0.2) is 50.2 Å². The second-order valence-electron chi connectivity index (χ2n) is 6.03. The number of morpholine rings is 1. The molecule has 114 valence electrons. The average Bonchev–Trinajstić information content (AvgIpc) is 2.56. The zero-order valence-electron chi connectivity index (χ0n) is 12.8. The van der Waals surface area contributed by atoms with E-state index in [4.69, 9.17) is 4.74 Å². The number of piperidine rings is 1. The second kappa shape index (κ2) is 6.48. The van der Waals surface area contributed by atoms with Gasteiger partial charge in [-0.15, -0.1) is 0 Å². The van der Waals surface area contributed by atoms with Gasteiger partial charge in [0.2, 0.25) is 5.91 Å². The molecule has 0 atom stereocenters. The molecule has 0 unspecified atom stereocenters. The molecule has 0 N–H and O–H groups in total. The Labute approximate surface area is 126 Å². The van der Waals surface area contributed by atoms with E-state index < -0.39 is 0 Å². The Kier molecular flexibility index (Phi) is 4.44. The Balaban J connectivity index is 1.54. The van der Waals surface area contributed by atoms with E-state index in [1.807, 2.05) is 4.90 Å². The molecule has 21 heavy (non-hydrogen) atoms. The third-order valence-electron chi connectivity index (χ3n) is 4.57. The van der Waals surface area contributed by atoms with Crippen LogP contribution in [0, 0.1) is 12.8 Å². The van der Waals surface area contributed by atoms with Crippen LogP contribution in [0.1, 0.15) is 18.4 Å². The minimum atomic E-state index is 0.199. The molecule has 0 bridgehead atoms. The van der Waals surface area contributed by atoms with E-state index >= 15 is 0 Å². The molecule has 0 aliphatic carbocycles. The van der Waals surface area contributed by atoms with Crippen molar-refractivity contribution in [1.82, 2.24) is 4.90 Å². The molecule has 2 aliphatic heterocycles. The maximum absolute atomic E-state index is 12.5. The fraction of sp³-hybridized carbons (Fsp3) is 0.588. The summed E-state index contributed by atoms with van der Waals surface area (Å²) in [6, 6.07) is 8.67. The lowest BCUT2D eigenvalue weighted by atomic mass is 9.94. The highest BCUT2D eigenvalue weighted by Gasteiger charge is 2.29. The van der Waals surface area contributed by atoms with Crippen LogP contribution < -0.4 is 4.90 Å². The number of benzene rings is 1. The number of carbonyl (C=O) groups is 1. The zero-order valence-corrected chi connectivity index (χ0v) is 12.8. The van der Waals surface area contributed by atoms with Crippen molar-refractivity contribution in [2.45, 2.75) is 19.8 Å². The Morgan fingerprint density at radius 1 is 1.05 bits per heavy atom. The smallest absolute Gasteiger partial charge is 0.225 e. The summed E-state index contributed by atoms with van der Waals surface area (Å²) in [5.41, 5.74) is 2.56. The van der Waals surface area contributed by atoms with Crippen molar-refractivity contribution in [3.63, 3.8) is 0 Å². The molecule has 4 heteroatoms. The van der Waals surface area contributed by atoms with E-state index in [1.54, 1.807) is 0 Å². The average molecular weight is 288 g/mol. The number of hydrogen-bond donors (Lipinski definition) is 0. The first-order valence-electron chi connectivity index (χ1n) is 7.92. The van der Waals surface area contributed by atoms with Gasteiger partial charge in [0, 0.05) is 37.8 Å². The third-order valence-corrected chi connectivity index (χ3v) is 4.57. The van der Waals surface area contributed by atoms with E-state index in [0.717, 1.165) is 39.0 Å². The molecule has 2 heterocycles. The van der Waals surface area contributed by atoms with E-state index in [2.05, 4.69) is 36.1 Å². The van der Waals surface area contributed by atoms with Crippen LogP contribution in [0.3, 0.4) is 0 Å². The predicted octanol–water partition coefficient (Wildman–Crippen LogP) is 2.07. The largest absolute Gasteiger partial charge is 0.378 e. The van der Waals surface area contributed by atoms with E-state index in [9.17, 15) is 4.79 Å². The number of carbonyl (C=O) groups excluding carboxylic acids is 1. The van der Waals surface area contributed by atoms with Crippen LogP contribution in [0.25, 0.3) is 0 Å². The maximum atomic E-state index is 12.5. The summed E-state index contributed by atoms with van der Waals surface area (Å²) in [6.07, 6.45) is 1.92. The van der Waals surface area contributed by atoms with E-state index in [1.165, 1.54) is 11.3 Å². The Hall–Kier alpha value is -1.55. The van der Waals surface area contributed by atoms with Gasteiger partial charge in [0.25, 0.3) is 0 Å². The molecule has 1 amide bonds. The quantitative estimate of drug-likeness (QED) is 0.835. The molecule has 0 radical (unpaired) electrons. The molecule has 2 fully saturated rings. The summed E-state index contributed by atoms with van der Waals surface area (Å²) in [5.74, 6) is 0.534. The summed E-state index contributed by atoms with van der Waals surface area (Å²) in [6.45, 7) is 6.96. The highest BCUT2D eigenvalue weighted by molar-refractivity contribution is 5.79. The molecule has 1 aromatic rings. The number of anilines is 1. The molecule has 1 aromatic carbocycles. The lowest BCUT2D eigenvalue weighted by molar-refractivity contribution is -0.140. The number of nitrogens with zero attached hydrogens (tertiary/aromatic N) is 2. The first-order valence-corrected chi connectivity index (χ1v) is 7.92. The monoisotopic (exact) mass is 288 g/mol. The van der Waals surface area contributed by atoms with Crippen molar-refractivity contribution in [3.8, 4) is 0 Å². The molecule has 3 rings (SSSR count). The van der Waals surface area contributed by atoms with Gasteiger partial charge in [0.1, 0.15) is 0 Å². The summed E-state index contributed by atoms with van der Waals surface area (Å²) in [5, 5.41) is 0. The fourth-order valence-electron chi connectivity index (χ4n) is 3.18. The van der Waals surface area contributed by atoms with Crippen molar-refractivity contribution in [2.24, 2.45) is 5.92 Å². The Morgan fingerprint density at radius 3 is 2.29 bits per heavy atom. The lowest BCUT2D eigenvalue weighted by Crippen LogP contribution is -2.46. The van der Waals surface area contributed by atoms with Gasteiger partial charge in [0.05, 0.1) is 13.2 Å². The van der Waals surface area contributed by atoms with Gasteiger partial charge >= 0.3 is 0 Å². The van der Waals surface area contributed by atoms with E-state index in [-0.39, 0.29) is 5.92 Å². The fourth-order valence-corrected chi connectivity index (χ4v) is 3.18. The van der Waals surface area contributed by atoms with Crippen LogP contribution in [0.4, 0.5) is 5.69 Å². The van der Waals surface area contributed by atoms with Gasteiger partial charge in [-0.05, 0) is 31.9 Å². The molecule has 2 aliphatic rings. The number of aryl methyl sites for hydroxylation is 1. The summed E-state index contributed by atoms with van der Waals surface area (Å²) in [4.78, 5) is 16.9. The Bertz CT molecular complexity index is 472. The van der Waals surface area contributed by atoms with Crippen molar-refractivity contribution in [2.75, 3.05) is 44.3 Å². The molecular formula is C17H24N2O2. The Morgan fingerprint density at radius 2 is 1.67 bits per heavy atom. The van der Waals surface area contributed by atoms with Gasteiger partial charge in [-0.2, -0.15) is 0 Å². The third kappa shape index (κ3) is 3.38. The molecule has 2 saturated heterocycles. The van der Waals surface area contributed by atoms with Gasteiger partial charge in [-0.1, -0.05) is 17.7 Å². The van der Waals surface area contributed by atoms with Gasteiger partial charge < -0.3 is 14.5 Å². The van der Waals surface area contributed by atoms with Crippen LogP contribution in [0.2, 0.25) is 0 Å². The van der Waals surface area contributed by atoms with Crippen LogP contribution in [0.5, 0.6) is 0 Å². The van der Waals surface area contributed by atoms with Crippen molar-refractivity contribution in [3.05, 3.63) is 29.8 Å². The normalized spacial score (nSPS) is 20.6. The van der Waals surface area contributed by atoms with E-state index in [0.29, 0.717) is 19.1 Å². The van der Waals surface area contributed by atoms with Crippen molar-refractivity contribution in [1.29, 1.82) is 0 Å². The number of amides is 1. The maximum Gasteiger partial charge on any atom is 0.225 e. The molecular weight excluding hydrogens is 264 g/mol. The molecule has 4 nitrogen and oxygen atoms in total. The second-order valence-corrected chi connectivity index (χ2v) is 6.03. The topological polar surface area (TPSA) is 32.8 Å². The summed E-state index contributed by atoms with van der Waals surface area (Å²) in [7, 11) is 0. The van der Waals surface area contributed by atoms with Crippen LogP contribution in [-0.2, 0) is 9.53 Å². The van der Waals surface area contributed by atoms with Crippen molar-refractivity contribution < 1.29 is 9.53 Å². The number of rotatable bonds is 2. The SMILES string of the molecule is Cc1ccc(N2CCC(C(=O)N3CCOCC3)CC2)cc1. The van der Waals surface area contributed by atoms with Crippen LogP contribution >= 0.6 is 0 Å². The standard InChI is InChI=1S/C17H24N2O2/c1-14-2-4-16(5-3-14)18-8-6-15(7-9-18)17(20)19-10-12-21-13-11-19/h2-5,15H,6-13H2,1H3. The first kappa shape index (κ1) is 14.4. The first-order chi connectivity index (χ1) is 10.2. The van der Waals surface area contributed by atoms with Crippen molar-refractivity contribution >= 4 is 11.6 Å². The summed E-state index contributed by atoms with van der Waals surface area (Å²) >= 11 is 0. The van der Waals surface area contributed by atoms with Gasteiger partial charge in [-0.25, -0.2) is 0 Å². The minimum Gasteiger partial charge on any atom is -0.378 e. The highest BCUT2D eigenvalue weighted by atomic mass is 16.5. The molecule has 0 aromatic heterocycles. The predicted molar refractivity (Wildman–Crippen MR) is 83.5 cm³/mol. The summed E-state index contributed by atoms with van der Waals surface area (Å²) < 4.78 is 5.32. The van der Waals surface area contributed by atoms with Gasteiger partial charge in [-0.3, -0.25) is 4.79 Å². The molecule has 0 spiro atoms.